The van der Waals surface area contributed by atoms with E-state index in [4.69, 9.17) is 4.74 Å². The van der Waals surface area contributed by atoms with Crippen LogP contribution in [0.15, 0.2) is 42.5 Å². The number of aromatic hydroxyl groups is 2. The first-order chi connectivity index (χ1) is 12.5. The van der Waals surface area contributed by atoms with E-state index in [0.29, 0.717) is 0 Å². The second-order valence-corrected chi connectivity index (χ2v) is 6.26. The Balaban J connectivity index is 0.000000680. The van der Waals surface area contributed by atoms with Gasteiger partial charge in [-0.25, -0.2) is 0 Å². The van der Waals surface area contributed by atoms with Crippen molar-refractivity contribution >= 4 is 0 Å². The van der Waals surface area contributed by atoms with Crippen molar-refractivity contribution in [3.63, 3.8) is 0 Å². The molecule has 0 spiro atoms. The van der Waals surface area contributed by atoms with Crippen LogP contribution in [0.3, 0.4) is 0 Å². The highest BCUT2D eigenvalue weighted by Gasteiger charge is 2.21. The maximum Gasteiger partial charge on any atom is 0.124 e. The molecule has 3 heteroatoms. The number of phenols is 2. The van der Waals surface area contributed by atoms with E-state index in [-0.39, 0.29) is 17.6 Å². The smallest absolute Gasteiger partial charge is 0.124 e. The van der Waals surface area contributed by atoms with Gasteiger partial charge in [0.2, 0.25) is 0 Å². The second-order valence-electron chi connectivity index (χ2n) is 6.26. The minimum absolute atomic E-state index is 0.0163. The molecule has 1 heterocycles. The zero-order valence-electron chi connectivity index (χ0n) is 17.4. The van der Waals surface area contributed by atoms with E-state index in [0.717, 1.165) is 35.6 Å². The van der Waals surface area contributed by atoms with Crippen LogP contribution in [-0.2, 0) is 6.42 Å². The van der Waals surface area contributed by atoms with Crippen molar-refractivity contribution < 1.29 is 14.9 Å². The molecule has 3 rings (SSSR count). The second kappa shape index (κ2) is 13.1. The molecular formula is C23H36O3. The summed E-state index contributed by atoms with van der Waals surface area (Å²) in [6.07, 6.45) is 1.78. The van der Waals surface area contributed by atoms with Gasteiger partial charge in [-0.1, -0.05) is 60.6 Å². The van der Waals surface area contributed by atoms with E-state index in [1.54, 1.807) is 30.3 Å². The minimum atomic E-state index is 0.0163. The number of hydrogen-bond acceptors (Lipinski definition) is 3. The first kappa shape index (κ1) is 23.8. The number of aryl methyl sites for hydroxylation is 1. The summed E-state index contributed by atoms with van der Waals surface area (Å²) in [5.74, 6) is 2.21. The number of hydrogen-bond donors (Lipinski definition) is 2. The van der Waals surface area contributed by atoms with Gasteiger partial charge in [-0.3, -0.25) is 0 Å². The molecule has 2 aromatic carbocycles. The number of rotatable bonds is 1. The third-order valence-electron chi connectivity index (χ3n) is 3.25. The lowest BCUT2D eigenvalue weighted by atomic mass is 9.97. The summed E-state index contributed by atoms with van der Waals surface area (Å²) in [4.78, 5) is 0. The van der Waals surface area contributed by atoms with Gasteiger partial charge >= 0.3 is 0 Å². The summed E-state index contributed by atoms with van der Waals surface area (Å²) in [6.45, 7) is 14.5. The quantitative estimate of drug-likeness (QED) is 0.583. The lowest BCUT2D eigenvalue weighted by molar-refractivity contribution is 0.176. The summed E-state index contributed by atoms with van der Waals surface area (Å²) < 4.78 is 5.92. The van der Waals surface area contributed by atoms with Gasteiger partial charge in [0.05, 0.1) is 0 Å². The molecule has 1 aliphatic rings. The Morgan fingerprint density at radius 3 is 1.88 bits per heavy atom. The summed E-state index contributed by atoms with van der Waals surface area (Å²) in [6, 6.07) is 12.3. The Hall–Kier alpha value is -2.16. The van der Waals surface area contributed by atoms with Gasteiger partial charge < -0.3 is 14.9 Å². The van der Waals surface area contributed by atoms with Crippen molar-refractivity contribution in [2.75, 3.05) is 0 Å². The Morgan fingerprint density at radius 2 is 1.35 bits per heavy atom. The third kappa shape index (κ3) is 8.28. The van der Waals surface area contributed by atoms with E-state index in [1.807, 2.05) is 39.8 Å². The lowest BCUT2D eigenvalue weighted by Gasteiger charge is -2.26. The maximum atomic E-state index is 9.42. The summed E-state index contributed by atoms with van der Waals surface area (Å²) in [5, 5.41) is 18.7. The van der Waals surface area contributed by atoms with Crippen LogP contribution < -0.4 is 4.74 Å². The molecule has 26 heavy (non-hydrogen) atoms. The molecule has 2 N–H and O–H groups in total. The highest BCUT2D eigenvalue weighted by Crippen LogP contribution is 2.36. The third-order valence-corrected chi connectivity index (χ3v) is 3.25. The van der Waals surface area contributed by atoms with Gasteiger partial charge in [-0.2, -0.15) is 0 Å². The van der Waals surface area contributed by atoms with Crippen molar-refractivity contribution in [3.8, 4) is 17.2 Å². The van der Waals surface area contributed by atoms with E-state index in [2.05, 4.69) is 20.8 Å². The maximum absolute atomic E-state index is 9.42. The lowest BCUT2D eigenvalue weighted by Crippen LogP contribution is -2.14. The van der Waals surface area contributed by atoms with Crippen molar-refractivity contribution in [1.82, 2.24) is 0 Å². The van der Waals surface area contributed by atoms with Crippen LogP contribution in [0.2, 0.25) is 0 Å². The van der Waals surface area contributed by atoms with Gasteiger partial charge in [0, 0.05) is 0 Å². The van der Waals surface area contributed by atoms with Crippen molar-refractivity contribution in [3.05, 3.63) is 53.6 Å². The molecule has 146 valence electrons. The van der Waals surface area contributed by atoms with Gasteiger partial charge in [0.15, 0.2) is 0 Å². The monoisotopic (exact) mass is 360 g/mol. The minimum Gasteiger partial charge on any atom is -0.508 e. The van der Waals surface area contributed by atoms with Crippen LogP contribution >= 0.6 is 0 Å². The molecule has 0 aliphatic carbocycles. The van der Waals surface area contributed by atoms with Crippen molar-refractivity contribution in [1.29, 1.82) is 0 Å². The van der Waals surface area contributed by atoms with Crippen LogP contribution in [0, 0.1) is 5.92 Å². The average Bonchev–Trinajstić information content (AvgIpc) is 2.65. The molecule has 2 aromatic rings. The fraction of sp³-hybridized carbons (Fsp3) is 0.478. The molecule has 0 amide bonds. The number of ether oxygens (including phenoxy) is 1. The highest BCUT2D eigenvalue weighted by molar-refractivity contribution is 5.42. The predicted octanol–water partition coefficient (Wildman–Crippen LogP) is 6.88. The van der Waals surface area contributed by atoms with Crippen LogP contribution in [0.4, 0.5) is 0 Å². The summed E-state index contributed by atoms with van der Waals surface area (Å²) >= 11 is 0. The average molecular weight is 361 g/mol. The first-order valence-corrected chi connectivity index (χ1v) is 9.73. The predicted molar refractivity (Wildman–Crippen MR) is 111 cm³/mol. The summed E-state index contributed by atoms with van der Waals surface area (Å²) in [5.41, 5.74) is 2.11. The first-order valence-electron chi connectivity index (χ1n) is 9.73. The molecule has 3 nitrogen and oxygen atoms in total. The molecule has 0 bridgehead atoms. The fourth-order valence-corrected chi connectivity index (χ4v) is 2.30. The molecule has 0 saturated carbocycles. The highest BCUT2D eigenvalue weighted by atomic mass is 16.5. The van der Waals surface area contributed by atoms with Gasteiger partial charge in [0.25, 0.3) is 0 Å². The molecule has 1 atom stereocenters. The van der Waals surface area contributed by atoms with Gasteiger partial charge in [-0.15, -0.1) is 0 Å². The Morgan fingerprint density at radius 1 is 0.846 bits per heavy atom. The van der Waals surface area contributed by atoms with Crippen LogP contribution in [0.1, 0.15) is 72.1 Å². The zero-order valence-corrected chi connectivity index (χ0v) is 17.4. The van der Waals surface area contributed by atoms with Crippen LogP contribution in [0.25, 0.3) is 0 Å². The van der Waals surface area contributed by atoms with E-state index < -0.39 is 0 Å². The van der Waals surface area contributed by atoms with Crippen molar-refractivity contribution in [2.45, 2.75) is 67.4 Å². The summed E-state index contributed by atoms with van der Waals surface area (Å²) in [7, 11) is 0. The van der Waals surface area contributed by atoms with Crippen LogP contribution in [-0.4, -0.2) is 10.2 Å². The molecule has 0 unspecified atom stereocenters. The zero-order chi connectivity index (χ0) is 20.1. The Bertz CT molecular complexity index is 601. The molecule has 0 aromatic heterocycles. The number of benzene rings is 2. The fourth-order valence-electron chi connectivity index (χ4n) is 2.30. The van der Waals surface area contributed by atoms with Crippen LogP contribution in [0.5, 0.6) is 17.2 Å². The Kier molecular flexibility index (Phi) is 12.0. The molecular weight excluding hydrogens is 324 g/mol. The molecule has 0 fully saturated rings. The molecule has 0 saturated heterocycles. The normalized spacial score (nSPS) is 14.2. The SMILES string of the molecule is CC.CC.CC(C)C.Oc1ccc([C@H]2CCc3cc(O)ccc3O2)cc1. The Labute approximate surface area is 159 Å². The molecule has 1 aliphatic heterocycles. The number of fused-ring (bicyclic) bond motifs is 1. The van der Waals surface area contributed by atoms with Gasteiger partial charge in [-0.05, 0) is 60.2 Å². The van der Waals surface area contributed by atoms with Crippen molar-refractivity contribution in [2.24, 2.45) is 5.92 Å². The number of phenolic OH excluding ortho intramolecular Hbond substituents is 2. The van der Waals surface area contributed by atoms with E-state index in [9.17, 15) is 10.2 Å². The van der Waals surface area contributed by atoms with E-state index in [1.165, 1.54) is 0 Å². The van der Waals surface area contributed by atoms with Gasteiger partial charge in [0.1, 0.15) is 23.4 Å². The largest absolute Gasteiger partial charge is 0.508 e. The topological polar surface area (TPSA) is 49.7 Å². The van der Waals surface area contributed by atoms with E-state index >= 15 is 0 Å². The molecule has 0 radical (unpaired) electrons. The standard InChI is InChI=1S/C15H14O3.C4H10.2C2H6/c16-12-4-1-10(2-5-12)14-7-3-11-9-13(17)6-8-15(11)18-14;1-4(2)3;2*1-2/h1-2,4-6,8-9,14,16-17H,3,7H2;4H,1-3H3;2*1-2H3/t14-;;;/m1.../s1.